The normalized spacial score (nSPS) is 20.8. The number of nitrogens with two attached hydrogens (primary N) is 1. The Labute approximate surface area is 134 Å². The van der Waals surface area contributed by atoms with Gasteiger partial charge in [0, 0.05) is 19.1 Å². The Balaban J connectivity index is 1.88. The van der Waals surface area contributed by atoms with Crippen LogP contribution in [0.1, 0.15) is 42.8 Å². The first-order valence-electron chi connectivity index (χ1n) is 7.43. The number of hydrogen-bond acceptors (Lipinski definition) is 5. The molecule has 2 aliphatic rings. The Morgan fingerprint density at radius 2 is 2.19 bits per heavy atom. The fourth-order valence-electron chi connectivity index (χ4n) is 2.75. The van der Waals surface area contributed by atoms with Crippen molar-refractivity contribution >= 4 is 39.7 Å². The third kappa shape index (κ3) is 3.01. The molecule has 2 fully saturated rings. The van der Waals surface area contributed by atoms with Crippen molar-refractivity contribution in [2.75, 3.05) is 30.0 Å². The SMILES string of the molecule is CSc1c(N2CCC(C)(C)C2)sc(C(=O)NC2CC2)c1N. The fraction of sp³-hybridized carbons (Fsp3) is 0.667. The highest BCUT2D eigenvalue weighted by molar-refractivity contribution is 7.99. The Hall–Kier alpha value is -0.880. The van der Waals surface area contributed by atoms with E-state index in [1.807, 2.05) is 6.26 Å². The van der Waals surface area contributed by atoms with Crippen LogP contribution in [0.3, 0.4) is 0 Å². The quantitative estimate of drug-likeness (QED) is 0.835. The molecule has 1 aromatic rings. The smallest absolute Gasteiger partial charge is 0.263 e. The lowest BCUT2D eigenvalue weighted by Gasteiger charge is -2.21. The molecule has 1 aliphatic heterocycles. The monoisotopic (exact) mass is 325 g/mol. The highest BCUT2D eigenvalue weighted by Crippen LogP contribution is 2.46. The molecule has 1 saturated heterocycles. The van der Waals surface area contributed by atoms with Crippen LogP contribution >= 0.6 is 23.1 Å². The summed E-state index contributed by atoms with van der Waals surface area (Å²) >= 11 is 3.20. The van der Waals surface area contributed by atoms with E-state index in [4.69, 9.17) is 5.73 Å². The van der Waals surface area contributed by atoms with E-state index in [0.717, 1.165) is 30.8 Å². The average Bonchev–Trinajstić information content (AvgIpc) is 3.06. The van der Waals surface area contributed by atoms with Crippen LogP contribution in [0.5, 0.6) is 0 Å². The summed E-state index contributed by atoms with van der Waals surface area (Å²) in [5.74, 6) is 0.00000661. The van der Waals surface area contributed by atoms with Crippen LogP contribution in [0.4, 0.5) is 10.7 Å². The van der Waals surface area contributed by atoms with Crippen LogP contribution in [0.15, 0.2) is 4.90 Å². The van der Waals surface area contributed by atoms with Crippen molar-refractivity contribution in [1.82, 2.24) is 5.32 Å². The van der Waals surface area contributed by atoms with Crippen molar-refractivity contribution < 1.29 is 4.79 Å². The maximum absolute atomic E-state index is 12.3. The van der Waals surface area contributed by atoms with Gasteiger partial charge in [0.1, 0.15) is 9.88 Å². The van der Waals surface area contributed by atoms with Crippen molar-refractivity contribution in [2.24, 2.45) is 5.41 Å². The van der Waals surface area contributed by atoms with E-state index >= 15 is 0 Å². The van der Waals surface area contributed by atoms with Crippen LogP contribution in [-0.2, 0) is 0 Å². The third-order valence-electron chi connectivity index (χ3n) is 4.17. The Morgan fingerprint density at radius 3 is 2.71 bits per heavy atom. The molecular formula is C15H23N3OS2. The van der Waals surface area contributed by atoms with Gasteiger partial charge < -0.3 is 16.0 Å². The number of nitrogens with zero attached hydrogens (tertiary/aromatic N) is 1. The number of carbonyl (C=O) groups excluding carboxylic acids is 1. The van der Waals surface area contributed by atoms with E-state index in [2.05, 4.69) is 24.1 Å². The minimum absolute atomic E-state index is 0.00000661. The number of nitrogen functional groups attached to an aromatic ring is 1. The van der Waals surface area contributed by atoms with Gasteiger partial charge in [0.25, 0.3) is 5.91 Å². The van der Waals surface area contributed by atoms with Gasteiger partial charge in [-0.3, -0.25) is 4.79 Å². The molecule has 21 heavy (non-hydrogen) atoms. The van der Waals surface area contributed by atoms with Gasteiger partial charge in [-0.2, -0.15) is 0 Å². The number of rotatable bonds is 4. The summed E-state index contributed by atoms with van der Waals surface area (Å²) in [6.07, 6.45) is 5.41. The molecule has 0 unspecified atom stereocenters. The van der Waals surface area contributed by atoms with Gasteiger partial charge in [0.2, 0.25) is 0 Å². The van der Waals surface area contributed by atoms with Crippen LogP contribution in [-0.4, -0.2) is 31.3 Å². The predicted octanol–water partition coefficient (Wildman–Crippen LogP) is 3.18. The number of hydrogen-bond donors (Lipinski definition) is 2. The molecule has 6 heteroatoms. The molecule has 1 amide bonds. The highest BCUT2D eigenvalue weighted by atomic mass is 32.2. The Morgan fingerprint density at radius 1 is 1.48 bits per heavy atom. The van der Waals surface area contributed by atoms with Crippen molar-refractivity contribution in [2.45, 2.75) is 44.0 Å². The summed E-state index contributed by atoms with van der Waals surface area (Å²) in [5, 5.41) is 4.22. The summed E-state index contributed by atoms with van der Waals surface area (Å²) in [5.41, 5.74) is 7.24. The molecule has 3 rings (SSSR count). The van der Waals surface area contributed by atoms with E-state index in [9.17, 15) is 4.79 Å². The topological polar surface area (TPSA) is 58.4 Å². The van der Waals surface area contributed by atoms with Gasteiger partial charge in [-0.25, -0.2) is 0 Å². The molecule has 2 heterocycles. The molecule has 1 saturated carbocycles. The van der Waals surface area contributed by atoms with Crippen LogP contribution in [0.2, 0.25) is 0 Å². The van der Waals surface area contributed by atoms with E-state index in [1.54, 1.807) is 23.1 Å². The molecule has 0 bridgehead atoms. The second-order valence-corrected chi connectivity index (χ2v) is 8.58. The van der Waals surface area contributed by atoms with Crippen molar-refractivity contribution in [3.05, 3.63) is 4.88 Å². The highest BCUT2D eigenvalue weighted by Gasteiger charge is 2.34. The zero-order chi connectivity index (χ0) is 15.2. The molecular weight excluding hydrogens is 302 g/mol. The zero-order valence-corrected chi connectivity index (χ0v) is 14.5. The fourth-order valence-corrected chi connectivity index (χ4v) is 4.86. The molecule has 0 radical (unpaired) electrons. The molecule has 0 atom stereocenters. The van der Waals surface area contributed by atoms with Crippen molar-refractivity contribution in [1.29, 1.82) is 0 Å². The van der Waals surface area contributed by atoms with Gasteiger partial charge in [0.05, 0.1) is 10.6 Å². The second kappa shape index (κ2) is 5.39. The van der Waals surface area contributed by atoms with Crippen LogP contribution in [0.25, 0.3) is 0 Å². The van der Waals surface area contributed by atoms with E-state index in [1.165, 1.54) is 11.4 Å². The van der Waals surface area contributed by atoms with Crippen LogP contribution in [0, 0.1) is 5.41 Å². The summed E-state index contributed by atoms with van der Waals surface area (Å²) in [4.78, 5) is 16.5. The van der Waals surface area contributed by atoms with Gasteiger partial charge in [-0.15, -0.1) is 23.1 Å². The minimum Gasteiger partial charge on any atom is -0.396 e. The second-order valence-electron chi connectivity index (χ2n) is 6.77. The van der Waals surface area contributed by atoms with E-state index in [0.29, 0.717) is 22.0 Å². The minimum atomic E-state index is 0.00000661. The van der Waals surface area contributed by atoms with Gasteiger partial charge in [-0.1, -0.05) is 13.8 Å². The predicted molar refractivity (Wildman–Crippen MR) is 91.6 cm³/mol. The summed E-state index contributed by atoms with van der Waals surface area (Å²) in [6.45, 7) is 6.67. The van der Waals surface area contributed by atoms with Crippen molar-refractivity contribution in [3.63, 3.8) is 0 Å². The molecule has 116 valence electrons. The van der Waals surface area contributed by atoms with Gasteiger partial charge in [-0.05, 0) is 30.9 Å². The van der Waals surface area contributed by atoms with Gasteiger partial charge >= 0.3 is 0 Å². The first-order valence-corrected chi connectivity index (χ1v) is 9.47. The number of carbonyl (C=O) groups is 1. The number of amides is 1. The van der Waals surface area contributed by atoms with Gasteiger partial charge in [0.15, 0.2) is 0 Å². The number of thiophene rings is 1. The molecule has 4 nitrogen and oxygen atoms in total. The Bertz CT molecular complexity index is 564. The van der Waals surface area contributed by atoms with Crippen LogP contribution < -0.4 is 16.0 Å². The lowest BCUT2D eigenvalue weighted by atomic mass is 9.93. The van der Waals surface area contributed by atoms with Crippen molar-refractivity contribution in [3.8, 4) is 0 Å². The summed E-state index contributed by atoms with van der Waals surface area (Å²) in [6, 6.07) is 0.367. The zero-order valence-electron chi connectivity index (χ0n) is 12.9. The third-order valence-corrected chi connectivity index (χ3v) is 6.39. The molecule has 0 aromatic carbocycles. The largest absolute Gasteiger partial charge is 0.396 e. The first kappa shape index (κ1) is 15.0. The molecule has 1 aromatic heterocycles. The molecule has 1 aliphatic carbocycles. The standard InChI is InChI=1S/C15H23N3OS2/c1-15(2)6-7-18(8-15)14-12(20-3)10(16)11(21-14)13(19)17-9-4-5-9/h9H,4-8,16H2,1-3H3,(H,17,19). The molecule has 3 N–H and O–H groups in total. The maximum atomic E-state index is 12.3. The Kier molecular flexibility index (Phi) is 3.86. The molecule has 0 spiro atoms. The summed E-state index contributed by atoms with van der Waals surface area (Å²) in [7, 11) is 0. The number of nitrogens with one attached hydrogen (secondary N) is 1. The number of thioether (sulfide) groups is 1. The summed E-state index contributed by atoms with van der Waals surface area (Å²) < 4.78 is 0. The maximum Gasteiger partial charge on any atom is 0.263 e. The van der Waals surface area contributed by atoms with E-state index < -0.39 is 0 Å². The average molecular weight is 326 g/mol. The van der Waals surface area contributed by atoms with E-state index in [-0.39, 0.29) is 5.91 Å². The lowest BCUT2D eigenvalue weighted by Crippen LogP contribution is -2.25. The lowest BCUT2D eigenvalue weighted by molar-refractivity contribution is 0.0956. The number of anilines is 2. The first-order chi connectivity index (χ1) is 9.91.